The lowest BCUT2D eigenvalue weighted by molar-refractivity contribution is -0.248. The molecule has 6 aliphatic rings. The van der Waals surface area contributed by atoms with Gasteiger partial charge in [0.05, 0.1) is 28.2 Å². The van der Waals surface area contributed by atoms with E-state index in [-0.39, 0.29) is 45.2 Å². The number of amides is 1. The van der Waals surface area contributed by atoms with E-state index in [9.17, 15) is 4.79 Å². The zero-order valence-electron chi connectivity index (χ0n) is 29.7. The summed E-state index contributed by atoms with van der Waals surface area (Å²) in [4.78, 5) is 39.0. The molecule has 7 heteroatoms. The van der Waals surface area contributed by atoms with Gasteiger partial charge in [0.25, 0.3) is 0 Å². The van der Waals surface area contributed by atoms with Crippen molar-refractivity contribution >= 4 is 23.2 Å². The summed E-state index contributed by atoms with van der Waals surface area (Å²) in [7, 11) is 0. The zero-order valence-corrected chi connectivity index (χ0v) is 30.5. The van der Waals surface area contributed by atoms with Crippen LogP contribution in [0.15, 0.2) is 23.7 Å². The van der Waals surface area contributed by atoms with Crippen molar-refractivity contribution in [1.29, 1.82) is 0 Å². The summed E-state index contributed by atoms with van der Waals surface area (Å²) in [6.07, 6.45) is 16.9. The van der Waals surface area contributed by atoms with E-state index in [1.807, 2.05) is 6.20 Å². The van der Waals surface area contributed by atoms with Crippen LogP contribution in [0, 0.1) is 50.7 Å². The fraction of sp³-hybridized carbons (Fsp3) is 0.775. The van der Waals surface area contributed by atoms with Crippen LogP contribution in [0.1, 0.15) is 137 Å². The molecule has 1 saturated heterocycles. The summed E-state index contributed by atoms with van der Waals surface area (Å²) in [5, 5.41) is 2.11. The monoisotopic (exact) mass is 659 g/mol. The first kappa shape index (κ1) is 32.1. The van der Waals surface area contributed by atoms with Crippen molar-refractivity contribution in [3.8, 4) is 10.6 Å². The number of esters is 1. The van der Waals surface area contributed by atoms with Gasteiger partial charge in [-0.3, -0.25) is 9.59 Å². The maximum absolute atomic E-state index is 15.0. The second-order valence-electron chi connectivity index (χ2n) is 18.1. The lowest BCUT2D eigenvalue weighted by Crippen LogP contribution is -2.67. The SMILES string of the molecule is CC(=O)OC1CCC2(C)C(CCC3(C)C2CCC2C4CCCC4(C(=O)N4CCCC4c4ncc(-c5cccs5)[nH]4)CC[C@]23C)C1(C)C. The molecule has 2 aromatic heterocycles. The average Bonchev–Trinajstić information content (AvgIpc) is 3.84. The van der Waals surface area contributed by atoms with Crippen LogP contribution < -0.4 is 0 Å². The van der Waals surface area contributed by atoms with Gasteiger partial charge in [-0.1, -0.05) is 47.1 Å². The molecule has 47 heavy (non-hydrogen) atoms. The number of nitrogens with one attached hydrogen (secondary N) is 1. The summed E-state index contributed by atoms with van der Waals surface area (Å²) in [5.41, 5.74) is 1.63. The molecule has 3 heterocycles. The van der Waals surface area contributed by atoms with E-state index >= 15 is 4.79 Å². The van der Waals surface area contributed by atoms with Crippen LogP contribution >= 0.6 is 11.3 Å². The van der Waals surface area contributed by atoms with Crippen LogP contribution in [0.4, 0.5) is 0 Å². The third-order valence-electron chi connectivity index (χ3n) is 16.2. The molecule has 1 N–H and O–H groups in total. The molecular weight excluding hydrogens is 603 g/mol. The Morgan fingerprint density at radius 2 is 1.72 bits per heavy atom. The summed E-state index contributed by atoms with van der Waals surface area (Å²) < 4.78 is 5.96. The maximum Gasteiger partial charge on any atom is 0.302 e. The number of carbonyl (C=O) groups is 2. The van der Waals surface area contributed by atoms with Crippen LogP contribution in [0.3, 0.4) is 0 Å². The van der Waals surface area contributed by atoms with E-state index in [4.69, 9.17) is 9.72 Å². The van der Waals surface area contributed by atoms with Crippen LogP contribution in [-0.4, -0.2) is 39.4 Å². The van der Waals surface area contributed by atoms with Crippen molar-refractivity contribution in [2.24, 2.45) is 50.7 Å². The largest absolute Gasteiger partial charge is 0.462 e. The first-order valence-corrected chi connectivity index (χ1v) is 19.8. The minimum atomic E-state index is -0.204. The number of hydrogen-bond donors (Lipinski definition) is 1. The number of imidazole rings is 1. The van der Waals surface area contributed by atoms with Gasteiger partial charge in [0, 0.05) is 18.9 Å². The quantitative estimate of drug-likeness (QED) is 0.332. The van der Waals surface area contributed by atoms with E-state index in [2.05, 4.69) is 62.0 Å². The third kappa shape index (κ3) is 4.42. The van der Waals surface area contributed by atoms with Crippen LogP contribution in [-0.2, 0) is 14.3 Å². The van der Waals surface area contributed by atoms with Crippen LogP contribution in [0.5, 0.6) is 0 Å². The minimum absolute atomic E-state index is 0.0118. The second-order valence-corrected chi connectivity index (χ2v) is 19.0. The molecular formula is C40H57N3O3S. The molecule has 2 aromatic rings. The number of likely N-dealkylation sites (tertiary alicyclic amines) is 1. The lowest BCUT2D eigenvalue weighted by Gasteiger charge is -2.72. The molecule has 0 bridgehead atoms. The van der Waals surface area contributed by atoms with Crippen molar-refractivity contribution in [3.63, 3.8) is 0 Å². The Morgan fingerprint density at radius 3 is 2.49 bits per heavy atom. The van der Waals surface area contributed by atoms with Gasteiger partial charge in [0.15, 0.2) is 0 Å². The Morgan fingerprint density at radius 1 is 0.894 bits per heavy atom. The van der Waals surface area contributed by atoms with Gasteiger partial charge < -0.3 is 14.6 Å². The number of H-pyrrole nitrogens is 1. The van der Waals surface area contributed by atoms with Crippen molar-refractivity contribution in [3.05, 3.63) is 29.5 Å². The first-order valence-electron chi connectivity index (χ1n) is 18.9. The number of ether oxygens (including phenoxy) is 1. The predicted octanol–water partition coefficient (Wildman–Crippen LogP) is 9.59. The highest BCUT2D eigenvalue weighted by atomic mass is 32.1. The van der Waals surface area contributed by atoms with Crippen LogP contribution in [0.2, 0.25) is 0 Å². The zero-order chi connectivity index (χ0) is 33.0. The molecule has 5 aliphatic carbocycles. The number of hydrogen-bond acceptors (Lipinski definition) is 5. The molecule has 9 unspecified atom stereocenters. The number of rotatable bonds is 4. The normalized spacial score (nSPS) is 43.8. The van der Waals surface area contributed by atoms with E-state index in [0.29, 0.717) is 29.6 Å². The number of fused-ring (bicyclic) bond motifs is 7. The molecule has 5 saturated carbocycles. The Hall–Kier alpha value is -2.15. The molecule has 256 valence electrons. The molecule has 1 aliphatic heterocycles. The molecule has 8 rings (SSSR count). The van der Waals surface area contributed by atoms with Gasteiger partial charge in [0.2, 0.25) is 5.91 Å². The third-order valence-corrected chi connectivity index (χ3v) is 17.1. The Balaban J connectivity index is 1.06. The van der Waals surface area contributed by atoms with Gasteiger partial charge in [0.1, 0.15) is 11.9 Å². The average molecular weight is 660 g/mol. The second kappa shape index (κ2) is 10.9. The van der Waals surface area contributed by atoms with Crippen molar-refractivity contribution < 1.29 is 14.3 Å². The van der Waals surface area contributed by atoms with E-state index in [1.165, 1.54) is 49.8 Å². The number of carbonyl (C=O) groups excluding carboxylic acids is 2. The summed E-state index contributed by atoms with van der Waals surface area (Å²) >= 11 is 1.73. The Bertz CT molecular complexity index is 1530. The molecule has 6 nitrogen and oxygen atoms in total. The van der Waals surface area contributed by atoms with E-state index in [0.717, 1.165) is 56.6 Å². The maximum atomic E-state index is 15.0. The highest BCUT2D eigenvalue weighted by Crippen LogP contribution is 2.77. The minimum Gasteiger partial charge on any atom is -0.462 e. The molecule has 6 fully saturated rings. The Labute approximate surface area is 286 Å². The fourth-order valence-electron chi connectivity index (χ4n) is 14.0. The topological polar surface area (TPSA) is 75.3 Å². The molecule has 10 atom stereocenters. The standard InChI is InChI=1S/C40H57N3O3S/c1-25(44)46-33-16-18-37(4)31(36(33,2)3)15-19-39(6)32(37)14-13-26-27-10-7-17-40(27,21-20-38(26,39)5)35(45)43-22-8-11-29(43)34-41-24-28(42-34)30-12-9-23-47-30/h9,12,23-24,26-27,29,31-33H,7-8,10-11,13-22H2,1-6H3,(H,41,42)/t26?,27?,29?,31?,32?,33?,37?,38-,39?,40?/m1/s1. The van der Waals surface area contributed by atoms with Gasteiger partial charge in [-0.15, -0.1) is 11.3 Å². The van der Waals surface area contributed by atoms with Crippen molar-refractivity contribution in [2.45, 2.75) is 137 Å². The predicted molar refractivity (Wildman–Crippen MR) is 186 cm³/mol. The lowest BCUT2D eigenvalue weighted by atomic mass is 9.32. The van der Waals surface area contributed by atoms with Gasteiger partial charge in [-0.2, -0.15) is 0 Å². The number of aromatic amines is 1. The van der Waals surface area contributed by atoms with Gasteiger partial charge in [-0.05, 0) is 128 Å². The van der Waals surface area contributed by atoms with Crippen molar-refractivity contribution in [2.75, 3.05) is 6.54 Å². The highest BCUT2D eigenvalue weighted by Gasteiger charge is 2.71. The Kier molecular flexibility index (Phi) is 7.46. The summed E-state index contributed by atoms with van der Waals surface area (Å²) in [6.45, 7) is 15.2. The molecule has 0 aromatic carbocycles. The molecule has 1 amide bonds. The first-order chi connectivity index (χ1) is 22.3. The van der Waals surface area contributed by atoms with E-state index in [1.54, 1.807) is 18.3 Å². The van der Waals surface area contributed by atoms with E-state index < -0.39 is 0 Å². The van der Waals surface area contributed by atoms with Crippen molar-refractivity contribution in [1.82, 2.24) is 14.9 Å². The highest BCUT2D eigenvalue weighted by molar-refractivity contribution is 7.13. The number of nitrogens with zero attached hydrogens (tertiary/aromatic N) is 2. The summed E-state index contributed by atoms with van der Waals surface area (Å²) in [5.74, 6) is 3.64. The smallest absolute Gasteiger partial charge is 0.302 e. The molecule has 0 spiro atoms. The fourth-order valence-corrected chi connectivity index (χ4v) is 14.7. The number of aromatic nitrogens is 2. The molecule has 0 radical (unpaired) electrons. The van der Waals surface area contributed by atoms with Crippen LogP contribution in [0.25, 0.3) is 10.6 Å². The van der Waals surface area contributed by atoms with Gasteiger partial charge in [-0.25, -0.2) is 4.98 Å². The number of thiophene rings is 1. The van der Waals surface area contributed by atoms with Gasteiger partial charge >= 0.3 is 5.97 Å². The summed E-state index contributed by atoms with van der Waals surface area (Å²) in [6, 6.07) is 4.28.